The first-order valence-electron chi connectivity index (χ1n) is 4.77. The fraction of sp³-hybridized carbons (Fsp3) is 0.300. The predicted molar refractivity (Wildman–Crippen MR) is 58.6 cm³/mol. The molecular weight excluding hydrogens is 250 g/mol. The zero-order chi connectivity index (χ0) is 13.1. The molecule has 7 heteroatoms. The Bertz CT molecular complexity index is 552. The summed E-state index contributed by atoms with van der Waals surface area (Å²) in [6.07, 6.45) is 0.0583. The van der Waals surface area contributed by atoms with Crippen LogP contribution in [0.3, 0.4) is 0 Å². The third kappa shape index (κ3) is 3.14. The first-order chi connectivity index (χ1) is 7.90. The normalized spacial score (nSPS) is 12.8. The Morgan fingerprint density at radius 3 is 2.65 bits per heavy atom. The van der Waals surface area contributed by atoms with E-state index in [2.05, 4.69) is 0 Å². The summed E-state index contributed by atoms with van der Waals surface area (Å²) in [6.45, 7) is 1.51. The van der Waals surface area contributed by atoms with Crippen LogP contribution in [0.15, 0.2) is 18.2 Å². The minimum absolute atomic E-state index is 0.0583. The second-order valence-electron chi connectivity index (χ2n) is 3.30. The molecule has 1 aromatic carbocycles. The van der Waals surface area contributed by atoms with Gasteiger partial charge in [-0.2, -0.15) is 5.26 Å². The zero-order valence-electron chi connectivity index (χ0n) is 8.94. The van der Waals surface area contributed by atoms with Gasteiger partial charge in [-0.05, 0) is 18.6 Å². The van der Waals surface area contributed by atoms with Crippen molar-refractivity contribution in [2.75, 3.05) is 4.72 Å². The molecule has 0 radical (unpaired) electrons. The standard InChI is InChI=1S/C10H10F2N2O2S/c1-2-8(6-13)17(15,16)14-10-5-7(11)3-4-9(10)12/h3-5,8,14H,2H2,1H3. The molecule has 1 aromatic rings. The molecule has 0 spiro atoms. The monoisotopic (exact) mass is 260 g/mol. The lowest BCUT2D eigenvalue weighted by Gasteiger charge is -2.11. The molecule has 0 aliphatic rings. The second-order valence-corrected chi connectivity index (χ2v) is 5.16. The fourth-order valence-corrected chi connectivity index (χ4v) is 2.36. The summed E-state index contributed by atoms with van der Waals surface area (Å²) in [7, 11) is -4.03. The van der Waals surface area contributed by atoms with Gasteiger partial charge in [-0.15, -0.1) is 0 Å². The number of sulfonamides is 1. The van der Waals surface area contributed by atoms with Gasteiger partial charge in [-0.3, -0.25) is 4.72 Å². The Hall–Kier alpha value is -1.68. The quantitative estimate of drug-likeness (QED) is 0.900. The van der Waals surface area contributed by atoms with Gasteiger partial charge in [0.05, 0.1) is 11.8 Å². The van der Waals surface area contributed by atoms with Crippen molar-refractivity contribution in [2.24, 2.45) is 0 Å². The number of benzene rings is 1. The number of nitrogens with zero attached hydrogens (tertiary/aromatic N) is 1. The molecule has 0 saturated heterocycles. The van der Waals surface area contributed by atoms with Gasteiger partial charge in [0.2, 0.25) is 10.0 Å². The summed E-state index contributed by atoms with van der Waals surface area (Å²) in [5.74, 6) is -1.67. The maximum atomic E-state index is 13.2. The smallest absolute Gasteiger partial charge is 0.249 e. The van der Waals surface area contributed by atoms with Gasteiger partial charge in [0.1, 0.15) is 11.6 Å². The third-order valence-corrected chi connectivity index (χ3v) is 3.76. The highest BCUT2D eigenvalue weighted by Gasteiger charge is 2.24. The lowest BCUT2D eigenvalue weighted by molar-refractivity contribution is 0.588. The molecule has 92 valence electrons. The van der Waals surface area contributed by atoms with Crippen LogP contribution in [0.1, 0.15) is 13.3 Å². The number of nitriles is 1. The van der Waals surface area contributed by atoms with Crippen molar-refractivity contribution in [1.29, 1.82) is 5.26 Å². The molecule has 1 rings (SSSR count). The van der Waals surface area contributed by atoms with Crippen LogP contribution in [0.2, 0.25) is 0 Å². The maximum absolute atomic E-state index is 13.2. The molecule has 4 nitrogen and oxygen atoms in total. The third-order valence-electron chi connectivity index (χ3n) is 2.07. The van der Waals surface area contributed by atoms with Crippen molar-refractivity contribution in [2.45, 2.75) is 18.6 Å². The van der Waals surface area contributed by atoms with E-state index in [4.69, 9.17) is 5.26 Å². The molecule has 0 fully saturated rings. The summed E-state index contributed by atoms with van der Waals surface area (Å²) in [6, 6.07) is 3.97. The molecule has 17 heavy (non-hydrogen) atoms. The fourth-order valence-electron chi connectivity index (χ4n) is 1.18. The Morgan fingerprint density at radius 1 is 1.47 bits per heavy atom. The average molecular weight is 260 g/mol. The highest BCUT2D eigenvalue weighted by Crippen LogP contribution is 2.18. The van der Waals surface area contributed by atoms with Crippen molar-refractivity contribution in [3.63, 3.8) is 0 Å². The van der Waals surface area contributed by atoms with E-state index in [1.165, 1.54) is 6.92 Å². The van der Waals surface area contributed by atoms with Gasteiger partial charge in [-0.1, -0.05) is 6.92 Å². The number of hydrogen-bond donors (Lipinski definition) is 1. The number of anilines is 1. The van der Waals surface area contributed by atoms with E-state index >= 15 is 0 Å². The minimum Gasteiger partial charge on any atom is -0.279 e. The lowest BCUT2D eigenvalue weighted by Crippen LogP contribution is -2.26. The number of nitrogens with one attached hydrogen (secondary N) is 1. The Balaban J connectivity index is 3.06. The van der Waals surface area contributed by atoms with Crippen LogP contribution in [0, 0.1) is 23.0 Å². The van der Waals surface area contributed by atoms with Crippen molar-refractivity contribution in [3.8, 4) is 6.07 Å². The Labute approximate surface area is 97.9 Å². The van der Waals surface area contributed by atoms with Crippen molar-refractivity contribution in [1.82, 2.24) is 0 Å². The van der Waals surface area contributed by atoms with Crippen LogP contribution in [-0.4, -0.2) is 13.7 Å². The van der Waals surface area contributed by atoms with Crippen LogP contribution >= 0.6 is 0 Å². The van der Waals surface area contributed by atoms with E-state index in [0.717, 1.165) is 18.2 Å². The summed E-state index contributed by atoms with van der Waals surface area (Å²) in [5, 5.41) is 7.33. The SMILES string of the molecule is CCC(C#N)S(=O)(=O)Nc1cc(F)ccc1F. The van der Waals surface area contributed by atoms with Gasteiger partial charge in [0, 0.05) is 6.07 Å². The number of rotatable bonds is 4. The van der Waals surface area contributed by atoms with E-state index in [1.54, 1.807) is 6.07 Å². The van der Waals surface area contributed by atoms with Crippen molar-refractivity contribution >= 4 is 15.7 Å². The first-order valence-corrected chi connectivity index (χ1v) is 6.31. The zero-order valence-corrected chi connectivity index (χ0v) is 9.76. The highest BCUT2D eigenvalue weighted by molar-refractivity contribution is 7.93. The summed E-state index contributed by atoms with van der Waals surface area (Å²) in [4.78, 5) is 0. The number of hydrogen-bond acceptors (Lipinski definition) is 3. The second kappa shape index (κ2) is 5.10. The summed E-state index contributed by atoms with van der Waals surface area (Å²) >= 11 is 0. The summed E-state index contributed by atoms with van der Waals surface area (Å²) in [5.41, 5.74) is -0.501. The van der Waals surface area contributed by atoms with Crippen molar-refractivity contribution < 1.29 is 17.2 Å². The lowest BCUT2D eigenvalue weighted by atomic mass is 10.3. The van der Waals surface area contributed by atoms with Crippen LogP contribution < -0.4 is 4.72 Å². The van der Waals surface area contributed by atoms with Gasteiger partial charge in [0.15, 0.2) is 5.25 Å². The van der Waals surface area contributed by atoms with E-state index in [0.29, 0.717) is 0 Å². The first kappa shape index (κ1) is 13.4. The van der Waals surface area contributed by atoms with E-state index in [-0.39, 0.29) is 6.42 Å². The molecule has 0 bridgehead atoms. The largest absolute Gasteiger partial charge is 0.279 e. The highest BCUT2D eigenvalue weighted by atomic mass is 32.2. The average Bonchev–Trinajstić information content (AvgIpc) is 2.24. The Kier molecular flexibility index (Phi) is 4.02. The Morgan fingerprint density at radius 2 is 2.12 bits per heavy atom. The molecule has 0 aliphatic carbocycles. The van der Waals surface area contributed by atoms with Gasteiger partial charge < -0.3 is 0 Å². The molecule has 0 aromatic heterocycles. The van der Waals surface area contributed by atoms with Crippen LogP contribution in [0.5, 0.6) is 0 Å². The molecule has 1 atom stereocenters. The molecule has 0 heterocycles. The van der Waals surface area contributed by atoms with Gasteiger partial charge in [-0.25, -0.2) is 17.2 Å². The molecule has 0 aliphatic heterocycles. The van der Waals surface area contributed by atoms with Crippen LogP contribution in [0.25, 0.3) is 0 Å². The molecule has 1 N–H and O–H groups in total. The molecular formula is C10H10F2N2O2S. The van der Waals surface area contributed by atoms with Crippen LogP contribution in [-0.2, 0) is 10.0 Å². The van der Waals surface area contributed by atoms with E-state index in [1.807, 2.05) is 4.72 Å². The minimum atomic E-state index is -4.03. The van der Waals surface area contributed by atoms with Crippen molar-refractivity contribution in [3.05, 3.63) is 29.8 Å². The molecule has 0 saturated carbocycles. The number of halogens is 2. The van der Waals surface area contributed by atoms with Crippen LogP contribution in [0.4, 0.5) is 14.5 Å². The van der Waals surface area contributed by atoms with E-state index < -0.39 is 32.6 Å². The topological polar surface area (TPSA) is 70.0 Å². The summed E-state index contributed by atoms with van der Waals surface area (Å²) < 4.78 is 51.1. The predicted octanol–water partition coefficient (Wildman–Crippen LogP) is 2.01. The van der Waals surface area contributed by atoms with Gasteiger partial charge in [0.25, 0.3) is 0 Å². The molecule has 0 amide bonds. The van der Waals surface area contributed by atoms with E-state index in [9.17, 15) is 17.2 Å². The van der Waals surface area contributed by atoms with Gasteiger partial charge >= 0.3 is 0 Å². The maximum Gasteiger partial charge on any atom is 0.249 e. The molecule has 1 unspecified atom stereocenters.